The zero-order valence-corrected chi connectivity index (χ0v) is 14.4. The minimum atomic E-state index is -0.524. The first-order chi connectivity index (χ1) is 13.0. The van der Waals surface area contributed by atoms with Crippen LogP contribution in [0.15, 0.2) is 36.4 Å². The van der Waals surface area contributed by atoms with Gasteiger partial charge in [-0.1, -0.05) is 0 Å². The summed E-state index contributed by atoms with van der Waals surface area (Å²) < 4.78 is 14.3. The van der Waals surface area contributed by atoms with Crippen LogP contribution < -0.4 is 10.2 Å². The number of rotatable bonds is 4. The van der Waals surface area contributed by atoms with Crippen LogP contribution in [0.4, 0.5) is 21.5 Å². The highest BCUT2D eigenvalue weighted by atomic mass is 19.1. The van der Waals surface area contributed by atoms with E-state index in [9.17, 15) is 14.5 Å². The highest BCUT2D eigenvalue weighted by Crippen LogP contribution is 2.29. The Kier molecular flexibility index (Phi) is 5.18. The number of anilines is 2. The summed E-state index contributed by atoms with van der Waals surface area (Å²) in [5.41, 5.74) is 1.07. The van der Waals surface area contributed by atoms with Crippen LogP contribution in [0.3, 0.4) is 0 Å². The molecular weight excluding hydrogens is 349 g/mol. The highest BCUT2D eigenvalue weighted by molar-refractivity contribution is 5.65. The second-order valence-corrected chi connectivity index (χ2v) is 6.31. The third-order valence-corrected chi connectivity index (χ3v) is 4.52. The number of piperidine rings is 1. The van der Waals surface area contributed by atoms with Crippen molar-refractivity contribution < 1.29 is 9.31 Å². The van der Waals surface area contributed by atoms with E-state index in [0.717, 1.165) is 12.8 Å². The van der Waals surface area contributed by atoms with Gasteiger partial charge in [0.2, 0.25) is 0 Å². The number of nitriles is 2. The molecule has 1 atom stereocenters. The SMILES string of the molecule is N#Cc1ccc(N2CCCC(Nc3ccc(C#N)cc3[N+](=O)[O-])C2)c(F)c1. The van der Waals surface area contributed by atoms with Crippen LogP contribution in [0, 0.1) is 38.6 Å². The number of hydrogen-bond donors (Lipinski definition) is 1. The molecule has 1 N–H and O–H groups in total. The molecule has 7 nitrogen and oxygen atoms in total. The third-order valence-electron chi connectivity index (χ3n) is 4.52. The van der Waals surface area contributed by atoms with Crippen LogP contribution in [0.2, 0.25) is 0 Å². The summed E-state index contributed by atoms with van der Waals surface area (Å²) >= 11 is 0. The fourth-order valence-electron chi connectivity index (χ4n) is 3.24. The molecule has 0 spiro atoms. The van der Waals surface area contributed by atoms with Gasteiger partial charge in [-0.2, -0.15) is 10.5 Å². The van der Waals surface area contributed by atoms with Crippen LogP contribution in [0.25, 0.3) is 0 Å². The Hall–Kier alpha value is -3.65. The lowest BCUT2D eigenvalue weighted by molar-refractivity contribution is -0.384. The number of halogens is 1. The van der Waals surface area contributed by atoms with Gasteiger partial charge in [-0.25, -0.2) is 4.39 Å². The Morgan fingerprint density at radius 3 is 2.56 bits per heavy atom. The monoisotopic (exact) mass is 365 g/mol. The summed E-state index contributed by atoms with van der Waals surface area (Å²) in [5.74, 6) is -0.459. The molecule has 27 heavy (non-hydrogen) atoms. The Morgan fingerprint density at radius 1 is 1.19 bits per heavy atom. The standard InChI is InChI=1S/C19H16FN5O2/c20-16-8-13(10-21)4-6-18(16)24-7-1-2-15(12-24)23-17-5-3-14(11-22)9-19(17)25(26)27/h3-6,8-9,15,23H,1-2,7,12H2. The van der Waals surface area contributed by atoms with E-state index >= 15 is 0 Å². The largest absolute Gasteiger partial charge is 0.375 e. The van der Waals surface area contributed by atoms with Gasteiger partial charge in [0, 0.05) is 25.2 Å². The molecule has 1 saturated heterocycles. The van der Waals surface area contributed by atoms with Crippen LogP contribution in [0.5, 0.6) is 0 Å². The molecule has 0 radical (unpaired) electrons. The Bertz CT molecular complexity index is 964. The first-order valence-corrected chi connectivity index (χ1v) is 8.41. The summed E-state index contributed by atoms with van der Waals surface area (Å²) in [4.78, 5) is 12.6. The molecule has 1 aliphatic heterocycles. The molecule has 3 rings (SSSR count). The third kappa shape index (κ3) is 3.96. The summed E-state index contributed by atoms with van der Waals surface area (Å²) in [5, 5.41) is 32.2. The van der Waals surface area contributed by atoms with Gasteiger partial charge >= 0.3 is 0 Å². The molecule has 0 aromatic heterocycles. The number of nitro groups is 1. The molecule has 2 aromatic carbocycles. The first-order valence-electron chi connectivity index (χ1n) is 8.41. The zero-order valence-electron chi connectivity index (χ0n) is 14.4. The van der Waals surface area contributed by atoms with Gasteiger partial charge in [-0.3, -0.25) is 10.1 Å². The quantitative estimate of drug-likeness (QED) is 0.656. The van der Waals surface area contributed by atoms with Crippen molar-refractivity contribution in [1.29, 1.82) is 10.5 Å². The van der Waals surface area contributed by atoms with Crippen LogP contribution in [-0.2, 0) is 0 Å². The molecule has 0 aliphatic carbocycles. The van der Waals surface area contributed by atoms with Crippen molar-refractivity contribution in [2.24, 2.45) is 0 Å². The van der Waals surface area contributed by atoms with Crippen LogP contribution in [0.1, 0.15) is 24.0 Å². The van der Waals surface area contributed by atoms with Gasteiger partial charge in [0.25, 0.3) is 5.69 Å². The zero-order chi connectivity index (χ0) is 19.4. The van der Waals surface area contributed by atoms with Gasteiger partial charge in [0.05, 0.1) is 33.9 Å². The van der Waals surface area contributed by atoms with Crippen molar-refractivity contribution >= 4 is 17.1 Å². The van der Waals surface area contributed by atoms with Crippen LogP contribution >= 0.6 is 0 Å². The number of nitrogens with zero attached hydrogens (tertiary/aromatic N) is 4. The molecule has 0 saturated carbocycles. The van der Waals surface area contributed by atoms with Crippen molar-refractivity contribution in [2.45, 2.75) is 18.9 Å². The molecule has 0 amide bonds. The predicted molar refractivity (Wildman–Crippen MR) is 97.8 cm³/mol. The normalized spacial score (nSPS) is 16.3. The molecule has 1 unspecified atom stereocenters. The van der Waals surface area contributed by atoms with E-state index in [1.807, 2.05) is 17.0 Å². The van der Waals surface area contributed by atoms with E-state index in [1.54, 1.807) is 12.1 Å². The lowest BCUT2D eigenvalue weighted by Crippen LogP contribution is -2.42. The lowest BCUT2D eigenvalue weighted by Gasteiger charge is -2.35. The molecule has 2 aromatic rings. The summed E-state index contributed by atoms with van der Waals surface area (Å²) in [6, 6.07) is 12.3. The maximum atomic E-state index is 14.3. The molecule has 1 aliphatic rings. The van der Waals surface area contributed by atoms with Gasteiger partial charge in [-0.15, -0.1) is 0 Å². The van der Waals surface area contributed by atoms with E-state index in [2.05, 4.69) is 5.32 Å². The van der Waals surface area contributed by atoms with Crippen molar-refractivity contribution in [2.75, 3.05) is 23.3 Å². The number of nitro benzene ring substituents is 1. The average Bonchev–Trinajstić information content (AvgIpc) is 2.68. The molecule has 1 heterocycles. The van der Waals surface area contributed by atoms with Gasteiger partial charge in [0.15, 0.2) is 0 Å². The Labute approximate surface area is 155 Å². The Balaban J connectivity index is 1.79. The number of hydrogen-bond acceptors (Lipinski definition) is 6. The minimum Gasteiger partial charge on any atom is -0.375 e. The lowest BCUT2D eigenvalue weighted by atomic mass is 10.0. The van der Waals surface area contributed by atoms with E-state index < -0.39 is 10.7 Å². The number of nitrogens with one attached hydrogen (secondary N) is 1. The Morgan fingerprint density at radius 2 is 1.89 bits per heavy atom. The van der Waals surface area contributed by atoms with E-state index in [-0.39, 0.29) is 22.9 Å². The van der Waals surface area contributed by atoms with E-state index in [1.165, 1.54) is 24.3 Å². The van der Waals surface area contributed by atoms with Crippen molar-refractivity contribution in [3.63, 3.8) is 0 Å². The molecule has 8 heteroatoms. The molecule has 0 bridgehead atoms. The highest BCUT2D eigenvalue weighted by Gasteiger charge is 2.24. The first kappa shape index (κ1) is 18.2. The van der Waals surface area contributed by atoms with Gasteiger partial charge in [0.1, 0.15) is 11.5 Å². The van der Waals surface area contributed by atoms with Crippen LogP contribution in [-0.4, -0.2) is 24.1 Å². The second-order valence-electron chi connectivity index (χ2n) is 6.31. The number of benzene rings is 2. The topological polar surface area (TPSA) is 106 Å². The maximum absolute atomic E-state index is 14.3. The summed E-state index contributed by atoms with van der Waals surface area (Å²) in [6.45, 7) is 1.14. The maximum Gasteiger partial charge on any atom is 0.293 e. The minimum absolute atomic E-state index is 0.111. The fourth-order valence-corrected chi connectivity index (χ4v) is 3.24. The van der Waals surface area contributed by atoms with E-state index in [0.29, 0.717) is 24.5 Å². The van der Waals surface area contributed by atoms with Crippen molar-refractivity contribution in [3.05, 3.63) is 63.5 Å². The van der Waals surface area contributed by atoms with Gasteiger partial charge < -0.3 is 10.2 Å². The van der Waals surface area contributed by atoms with Crippen molar-refractivity contribution in [3.8, 4) is 12.1 Å². The smallest absolute Gasteiger partial charge is 0.293 e. The molecular formula is C19H16FN5O2. The molecule has 1 fully saturated rings. The fraction of sp³-hybridized carbons (Fsp3) is 0.263. The average molecular weight is 365 g/mol. The van der Waals surface area contributed by atoms with Gasteiger partial charge in [-0.05, 0) is 43.2 Å². The summed E-state index contributed by atoms with van der Waals surface area (Å²) in [6.07, 6.45) is 1.58. The predicted octanol–water partition coefficient (Wildman–Crippen LogP) is 3.56. The van der Waals surface area contributed by atoms with E-state index in [4.69, 9.17) is 10.5 Å². The second kappa shape index (κ2) is 7.71. The van der Waals surface area contributed by atoms with Crippen molar-refractivity contribution in [1.82, 2.24) is 0 Å². The molecule has 136 valence electrons. The summed E-state index contributed by atoms with van der Waals surface area (Å²) in [7, 11) is 0.